The Bertz CT molecular complexity index is 539. The molecule has 0 atom stereocenters. The predicted octanol–water partition coefficient (Wildman–Crippen LogP) is 4.11. The number of thiophene rings is 1. The Balaban J connectivity index is 2.12. The molecule has 2 aromatic heterocycles. The number of aryl methyl sites for hydroxylation is 1. The first-order valence-corrected chi connectivity index (χ1v) is 7.31. The minimum Gasteiger partial charge on any atom is -0.321 e. The number of carbonyl (C=O) groups is 1. The molecule has 0 saturated heterocycles. The van der Waals surface area contributed by atoms with Crippen molar-refractivity contribution < 1.29 is 4.79 Å². The van der Waals surface area contributed by atoms with Gasteiger partial charge in [-0.1, -0.05) is 13.3 Å². The fourth-order valence-corrected chi connectivity index (χ4v) is 3.41. The summed E-state index contributed by atoms with van der Waals surface area (Å²) in [4.78, 5) is 17.9. The molecule has 0 aliphatic heterocycles. The van der Waals surface area contributed by atoms with Gasteiger partial charge >= 0.3 is 0 Å². The zero-order valence-corrected chi connectivity index (χ0v) is 12.3. The SMILES string of the molecule is CCCc1sc(C(=O)Nc2ccncc2)cc1Br. The molecule has 0 bridgehead atoms. The molecule has 5 heteroatoms. The Kier molecular flexibility index (Phi) is 4.49. The van der Waals surface area contributed by atoms with Crippen molar-refractivity contribution in [2.75, 3.05) is 5.32 Å². The molecule has 0 spiro atoms. The number of rotatable bonds is 4. The number of nitrogens with zero attached hydrogens (tertiary/aromatic N) is 1. The third-order valence-corrected chi connectivity index (χ3v) is 4.56. The lowest BCUT2D eigenvalue weighted by atomic mass is 10.3. The highest BCUT2D eigenvalue weighted by Gasteiger charge is 2.12. The highest BCUT2D eigenvalue weighted by molar-refractivity contribution is 9.10. The lowest BCUT2D eigenvalue weighted by Gasteiger charge is -2.01. The lowest BCUT2D eigenvalue weighted by molar-refractivity contribution is 0.103. The number of carbonyl (C=O) groups excluding carboxylic acids is 1. The van der Waals surface area contributed by atoms with Crippen LogP contribution in [0.2, 0.25) is 0 Å². The van der Waals surface area contributed by atoms with Crippen LogP contribution in [0, 0.1) is 0 Å². The molecule has 18 heavy (non-hydrogen) atoms. The van der Waals surface area contributed by atoms with E-state index >= 15 is 0 Å². The van der Waals surface area contributed by atoms with Crippen molar-refractivity contribution in [3.63, 3.8) is 0 Å². The van der Waals surface area contributed by atoms with Gasteiger partial charge in [-0.05, 0) is 40.5 Å². The van der Waals surface area contributed by atoms with Gasteiger partial charge < -0.3 is 5.32 Å². The zero-order chi connectivity index (χ0) is 13.0. The topological polar surface area (TPSA) is 42.0 Å². The summed E-state index contributed by atoms with van der Waals surface area (Å²) >= 11 is 5.03. The van der Waals surface area contributed by atoms with Crippen LogP contribution in [-0.2, 0) is 6.42 Å². The molecular weight excluding hydrogens is 312 g/mol. The number of hydrogen-bond acceptors (Lipinski definition) is 3. The van der Waals surface area contributed by atoms with E-state index in [-0.39, 0.29) is 5.91 Å². The van der Waals surface area contributed by atoms with E-state index in [4.69, 9.17) is 0 Å². The Morgan fingerprint density at radius 1 is 1.44 bits per heavy atom. The zero-order valence-electron chi connectivity index (χ0n) is 9.94. The Labute approximate surface area is 118 Å². The molecule has 1 N–H and O–H groups in total. The highest BCUT2D eigenvalue weighted by Crippen LogP contribution is 2.29. The predicted molar refractivity (Wildman–Crippen MR) is 78.2 cm³/mol. The molecular formula is C13H13BrN2OS. The molecule has 3 nitrogen and oxygen atoms in total. The summed E-state index contributed by atoms with van der Waals surface area (Å²) in [6.07, 6.45) is 5.38. The number of amides is 1. The fraction of sp³-hybridized carbons (Fsp3) is 0.231. The van der Waals surface area contributed by atoms with Gasteiger partial charge in [-0.15, -0.1) is 11.3 Å². The number of halogens is 1. The Hall–Kier alpha value is -1.20. The molecule has 0 aliphatic rings. The van der Waals surface area contributed by atoms with Gasteiger partial charge in [0, 0.05) is 27.4 Å². The number of aromatic nitrogens is 1. The molecule has 0 radical (unpaired) electrons. The Morgan fingerprint density at radius 3 is 2.83 bits per heavy atom. The standard InChI is InChI=1S/C13H13BrN2OS/c1-2-3-11-10(14)8-12(18-11)13(17)16-9-4-6-15-7-5-9/h4-8H,2-3H2,1H3,(H,15,16,17). The van der Waals surface area contributed by atoms with Crippen LogP contribution in [0.4, 0.5) is 5.69 Å². The van der Waals surface area contributed by atoms with Crippen LogP contribution in [0.1, 0.15) is 27.9 Å². The number of nitrogens with one attached hydrogen (secondary N) is 1. The van der Waals surface area contributed by atoms with Gasteiger partial charge in [0.15, 0.2) is 0 Å². The first kappa shape index (κ1) is 13.2. The first-order valence-electron chi connectivity index (χ1n) is 5.70. The van der Waals surface area contributed by atoms with Gasteiger partial charge in [0.25, 0.3) is 5.91 Å². The summed E-state index contributed by atoms with van der Waals surface area (Å²) in [5, 5.41) is 2.85. The van der Waals surface area contributed by atoms with Crippen LogP contribution in [0.3, 0.4) is 0 Å². The number of pyridine rings is 1. The van der Waals surface area contributed by atoms with E-state index in [1.165, 1.54) is 16.2 Å². The lowest BCUT2D eigenvalue weighted by Crippen LogP contribution is -2.09. The van der Waals surface area contributed by atoms with E-state index in [9.17, 15) is 4.79 Å². The van der Waals surface area contributed by atoms with Crippen LogP contribution in [-0.4, -0.2) is 10.9 Å². The molecule has 94 valence electrons. The summed E-state index contributed by atoms with van der Waals surface area (Å²) in [5.41, 5.74) is 0.761. The van der Waals surface area contributed by atoms with Crippen molar-refractivity contribution in [2.24, 2.45) is 0 Å². The normalized spacial score (nSPS) is 10.3. The van der Waals surface area contributed by atoms with Gasteiger partial charge in [0.05, 0.1) is 4.88 Å². The summed E-state index contributed by atoms with van der Waals surface area (Å²) in [6, 6.07) is 5.42. The smallest absolute Gasteiger partial charge is 0.265 e. The van der Waals surface area contributed by atoms with E-state index in [1.54, 1.807) is 24.5 Å². The van der Waals surface area contributed by atoms with Crippen molar-refractivity contribution in [3.05, 3.63) is 44.8 Å². The van der Waals surface area contributed by atoms with E-state index in [1.807, 2.05) is 6.07 Å². The monoisotopic (exact) mass is 324 g/mol. The summed E-state index contributed by atoms with van der Waals surface area (Å²) in [6.45, 7) is 2.13. The van der Waals surface area contributed by atoms with Crippen LogP contribution >= 0.6 is 27.3 Å². The third-order valence-electron chi connectivity index (χ3n) is 2.40. The van der Waals surface area contributed by atoms with Gasteiger partial charge in [0.1, 0.15) is 0 Å². The van der Waals surface area contributed by atoms with E-state index in [0.717, 1.165) is 27.9 Å². The molecule has 0 saturated carbocycles. The third kappa shape index (κ3) is 3.17. The van der Waals surface area contributed by atoms with Crippen LogP contribution in [0.25, 0.3) is 0 Å². The second kappa shape index (κ2) is 6.11. The quantitative estimate of drug-likeness (QED) is 0.919. The fourth-order valence-electron chi connectivity index (χ4n) is 1.54. The van der Waals surface area contributed by atoms with E-state index in [2.05, 4.69) is 33.2 Å². The maximum absolute atomic E-state index is 12.0. The van der Waals surface area contributed by atoms with Gasteiger partial charge in [-0.3, -0.25) is 9.78 Å². The highest BCUT2D eigenvalue weighted by atomic mass is 79.9. The average molecular weight is 325 g/mol. The largest absolute Gasteiger partial charge is 0.321 e. The average Bonchev–Trinajstić information content (AvgIpc) is 2.73. The molecule has 0 aromatic carbocycles. The van der Waals surface area contributed by atoms with Gasteiger partial charge in [0.2, 0.25) is 0 Å². The molecule has 2 heterocycles. The molecule has 2 rings (SSSR count). The minimum atomic E-state index is -0.0748. The van der Waals surface area contributed by atoms with Crippen LogP contribution in [0.5, 0.6) is 0 Å². The second-order valence-corrected chi connectivity index (χ2v) is 5.81. The van der Waals surface area contributed by atoms with Crippen molar-refractivity contribution in [1.29, 1.82) is 0 Å². The van der Waals surface area contributed by atoms with Crippen molar-refractivity contribution in [2.45, 2.75) is 19.8 Å². The second-order valence-electron chi connectivity index (χ2n) is 3.82. The summed E-state index contributed by atoms with van der Waals surface area (Å²) in [5.74, 6) is -0.0748. The van der Waals surface area contributed by atoms with Crippen LogP contribution in [0.15, 0.2) is 35.1 Å². The molecule has 0 unspecified atom stereocenters. The first-order chi connectivity index (χ1) is 8.70. The molecule has 1 amide bonds. The van der Waals surface area contributed by atoms with Gasteiger partial charge in [-0.2, -0.15) is 0 Å². The number of anilines is 1. The number of hydrogen-bond donors (Lipinski definition) is 1. The van der Waals surface area contributed by atoms with Gasteiger partial charge in [-0.25, -0.2) is 0 Å². The van der Waals surface area contributed by atoms with Crippen molar-refractivity contribution in [1.82, 2.24) is 4.98 Å². The van der Waals surface area contributed by atoms with E-state index < -0.39 is 0 Å². The molecule has 2 aromatic rings. The van der Waals surface area contributed by atoms with Crippen molar-refractivity contribution in [3.8, 4) is 0 Å². The van der Waals surface area contributed by atoms with E-state index in [0.29, 0.717) is 0 Å². The minimum absolute atomic E-state index is 0.0748. The maximum Gasteiger partial charge on any atom is 0.265 e. The summed E-state index contributed by atoms with van der Waals surface area (Å²) in [7, 11) is 0. The summed E-state index contributed by atoms with van der Waals surface area (Å²) < 4.78 is 1.02. The maximum atomic E-state index is 12.0. The van der Waals surface area contributed by atoms with Crippen molar-refractivity contribution >= 4 is 38.9 Å². The Morgan fingerprint density at radius 2 is 2.17 bits per heavy atom. The molecule has 0 fully saturated rings. The van der Waals surface area contributed by atoms with Crippen LogP contribution < -0.4 is 5.32 Å². The molecule has 0 aliphatic carbocycles.